The fraction of sp³-hybridized carbons (Fsp3) is 0.238. The van der Waals surface area contributed by atoms with Crippen LogP contribution in [0, 0.1) is 6.92 Å². The number of fused-ring (bicyclic) bond motifs is 3. The molecule has 1 unspecified atom stereocenters. The summed E-state index contributed by atoms with van der Waals surface area (Å²) in [5.74, 6) is 1.14. The maximum absolute atomic E-state index is 12.3. The van der Waals surface area contributed by atoms with Gasteiger partial charge in [0.25, 0.3) is 0 Å². The number of hydrogen-bond donors (Lipinski definition) is 2. The SMILES string of the molecule is Cc1nnc2n1-c1ccc(O)cc1C(c1ccc(Cl)cc1)=NC2NC(=O)OC(C)C. The van der Waals surface area contributed by atoms with Crippen molar-refractivity contribution in [2.24, 2.45) is 4.99 Å². The van der Waals surface area contributed by atoms with Crippen LogP contribution < -0.4 is 5.32 Å². The lowest BCUT2D eigenvalue weighted by Crippen LogP contribution is -2.31. The molecule has 30 heavy (non-hydrogen) atoms. The van der Waals surface area contributed by atoms with Crippen molar-refractivity contribution in [2.75, 3.05) is 0 Å². The first-order chi connectivity index (χ1) is 14.3. The Hall–Kier alpha value is -3.39. The van der Waals surface area contributed by atoms with Crippen LogP contribution in [0.1, 0.15) is 42.8 Å². The van der Waals surface area contributed by atoms with Crippen LogP contribution in [0.5, 0.6) is 5.75 Å². The van der Waals surface area contributed by atoms with Gasteiger partial charge in [-0.05, 0) is 51.1 Å². The second-order valence-electron chi connectivity index (χ2n) is 7.13. The van der Waals surface area contributed by atoms with E-state index in [-0.39, 0.29) is 11.9 Å². The summed E-state index contributed by atoms with van der Waals surface area (Å²) < 4.78 is 7.04. The molecule has 1 aromatic heterocycles. The van der Waals surface area contributed by atoms with Crippen LogP contribution in [0.25, 0.3) is 5.69 Å². The Morgan fingerprint density at radius 2 is 1.93 bits per heavy atom. The number of halogens is 1. The highest BCUT2D eigenvalue weighted by molar-refractivity contribution is 6.30. The van der Waals surface area contributed by atoms with E-state index < -0.39 is 12.3 Å². The predicted molar refractivity (Wildman–Crippen MR) is 112 cm³/mol. The van der Waals surface area contributed by atoms with Crippen LogP contribution in [0.4, 0.5) is 4.79 Å². The van der Waals surface area contributed by atoms with Crippen LogP contribution >= 0.6 is 11.6 Å². The molecule has 0 saturated heterocycles. The van der Waals surface area contributed by atoms with Gasteiger partial charge in [-0.2, -0.15) is 0 Å². The number of phenolic OH excluding ortho intramolecular Hbond substituents is 1. The molecule has 0 bridgehead atoms. The molecular weight excluding hydrogens is 406 g/mol. The highest BCUT2D eigenvalue weighted by Gasteiger charge is 2.30. The number of aliphatic imine (C=N–C) groups is 1. The van der Waals surface area contributed by atoms with Crippen molar-refractivity contribution in [3.05, 3.63) is 70.3 Å². The first kappa shape index (κ1) is 19.9. The number of aryl methyl sites for hydroxylation is 1. The van der Waals surface area contributed by atoms with E-state index in [0.29, 0.717) is 27.9 Å². The van der Waals surface area contributed by atoms with Gasteiger partial charge in [-0.25, -0.2) is 4.79 Å². The van der Waals surface area contributed by atoms with Gasteiger partial charge in [-0.1, -0.05) is 23.7 Å². The third-order valence-corrected chi connectivity index (χ3v) is 4.80. The monoisotopic (exact) mass is 425 g/mol. The number of benzene rings is 2. The van der Waals surface area contributed by atoms with Crippen LogP contribution in [-0.2, 0) is 4.74 Å². The van der Waals surface area contributed by atoms with E-state index in [9.17, 15) is 9.90 Å². The number of nitrogens with one attached hydrogen (secondary N) is 1. The zero-order chi connectivity index (χ0) is 21.4. The molecule has 8 nitrogen and oxygen atoms in total. The van der Waals surface area contributed by atoms with Gasteiger partial charge in [-0.15, -0.1) is 10.2 Å². The third-order valence-electron chi connectivity index (χ3n) is 4.54. The molecule has 4 rings (SSSR count). The van der Waals surface area contributed by atoms with Crippen molar-refractivity contribution >= 4 is 23.4 Å². The van der Waals surface area contributed by atoms with Crippen molar-refractivity contribution in [3.8, 4) is 11.4 Å². The molecule has 2 N–H and O–H groups in total. The van der Waals surface area contributed by atoms with E-state index in [1.165, 1.54) is 0 Å². The highest BCUT2D eigenvalue weighted by Crippen LogP contribution is 2.32. The molecule has 154 valence electrons. The number of aromatic nitrogens is 3. The lowest BCUT2D eigenvalue weighted by atomic mass is 10.00. The number of ether oxygens (including phenoxy) is 1. The molecular formula is C21H20ClN5O3. The van der Waals surface area contributed by atoms with Crippen molar-refractivity contribution in [1.82, 2.24) is 20.1 Å². The molecule has 1 atom stereocenters. The van der Waals surface area contributed by atoms with Gasteiger partial charge in [0, 0.05) is 16.1 Å². The Bertz CT molecular complexity index is 1140. The fourth-order valence-corrected chi connectivity index (χ4v) is 3.44. The minimum atomic E-state index is -0.849. The number of aromatic hydroxyl groups is 1. The fourth-order valence-electron chi connectivity index (χ4n) is 3.31. The minimum absolute atomic E-state index is 0.0910. The predicted octanol–water partition coefficient (Wildman–Crippen LogP) is 3.92. The Labute approximate surface area is 178 Å². The second-order valence-corrected chi connectivity index (χ2v) is 7.56. The Morgan fingerprint density at radius 1 is 1.20 bits per heavy atom. The molecule has 0 radical (unpaired) electrons. The lowest BCUT2D eigenvalue weighted by molar-refractivity contribution is 0.112. The van der Waals surface area contributed by atoms with Crippen LogP contribution in [0.3, 0.4) is 0 Å². The first-order valence-electron chi connectivity index (χ1n) is 9.40. The van der Waals surface area contributed by atoms with Crippen molar-refractivity contribution in [3.63, 3.8) is 0 Å². The number of carbonyl (C=O) groups excluding carboxylic acids is 1. The molecule has 0 saturated carbocycles. The van der Waals surface area contributed by atoms with E-state index >= 15 is 0 Å². The largest absolute Gasteiger partial charge is 0.508 e. The number of hydrogen-bond acceptors (Lipinski definition) is 6. The van der Waals surface area contributed by atoms with Crippen LogP contribution in [-0.4, -0.2) is 37.8 Å². The second kappa shape index (κ2) is 7.79. The third kappa shape index (κ3) is 3.73. The smallest absolute Gasteiger partial charge is 0.409 e. The summed E-state index contributed by atoms with van der Waals surface area (Å²) in [6, 6.07) is 12.2. The molecule has 2 aromatic carbocycles. The molecule has 0 spiro atoms. The van der Waals surface area contributed by atoms with Crippen molar-refractivity contribution in [1.29, 1.82) is 0 Å². The molecule has 1 aliphatic heterocycles. The summed E-state index contributed by atoms with van der Waals surface area (Å²) in [5.41, 5.74) is 2.74. The quantitative estimate of drug-likeness (QED) is 0.662. The normalized spacial score (nSPS) is 15.1. The van der Waals surface area contributed by atoms with E-state index in [1.807, 2.05) is 23.6 Å². The van der Waals surface area contributed by atoms with E-state index in [4.69, 9.17) is 21.3 Å². The number of phenols is 1. The van der Waals surface area contributed by atoms with E-state index in [0.717, 1.165) is 11.3 Å². The summed E-state index contributed by atoms with van der Waals surface area (Å²) in [4.78, 5) is 17.1. The van der Waals surface area contributed by atoms with Crippen LogP contribution in [0.15, 0.2) is 47.5 Å². The molecule has 9 heteroatoms. The van der Waals surface area contributed by atoms with Gasteiger partial charge in [0.05, 0.1) is 17.5 Å². The number of rotatable bonds is 3. The number of amides is 1. The zero-order valence-electron chi connectivity index (χ0n) is 16.6. The topological polar surface area (TPSA) is 102 Å². The van der Waals surface area contributed by atoms with Crippen molar-refractivity contribution < 1.29 is 14.6 Å². The number of carbonyl (C=O) groups is 1. The molecule has 3 aromatic rings. The molecule has 1 aliphatic rings. The summed E-state index contributed by atoms with van der Waals surface area (Å²) in [6.45, 7) is 5.34. The maximum Gasteiger partial charge on any atom is 0.409 e. The van der Waals surface area contributed by atoms with Gasteiger partial charge < -0.3 is 9.84 Å². The average Bonchev–Trinajstić information content (AvgIpc) is 3.00. The minimum Gasteiger partial charge on any atom is -0.508 e. The van der Waals surface area contributed by atoms with Gasteiger partial charge >= 0.3 is 6.09 Å². The highest BCUT2D eigenvalue weighted by atomic mass is 35.5. The Kier molecular flexibility index (Phi) is 5.17. The lowest BCUT2D eigenvalue weighted by Gasteiger charge is -2.15. The summed E-state index contributed by atoms with van der Waals surface area (Å²) in [5, 5.41) is 21.9. The average molecular weight is 426 g/mol. The van der Waals surface area contributed by atoms with E-state index in [1.54, 1.807) is 44.2 Å². The first-order valence-corrected chi connectivity index (χ1v) is 9.78. The molecule has 0 fully saturated rings. The Morgan fingerprint density at radius 3 is 2.63 bits per heavy atom. The van der Waals surface area contributed by atoms with E-state index in [2.05, 4.69) is 15.5 Å². The summed E-state index contributed by atoms with van der Waals surface area (Å²) >= 11 is 6.05. The van der Waals surface area contributed by atoms with Crippen molar-refractivity contribution in [2.45, 2.75) is 33.0 Å². The summed E-state index contributed by atoms with van der Waals surface area (Å²) in [7, 11) is 0. The van der Waals surface area contributed by atoms with Gasteiger partial charge in [0.2, 0.25) is 0 Å². The maximum atomic E-state index is 12.3. The van der Waals surface area contributed by atoms with Gasteiger partial charge in [-0.3, -0.25) is 14.9 Å². The number of nitrogens with zero attached hydrogens (tertiary/aromatic N) is 4. The standard InChI is InChI=1S/C21H20ClN5O3/c1-11(2)30-21(29)24-19-20-26-25-12(3)27(20)17-9-8-15(28)10-16(17)18(23-19)13-4-6-14(22)7-5-13/h4-11,19,28H,1-3H3,(H,24,29). The zero-order valence-corrected chi connectivity index (χ0v) is 17.4. The van der Waals surface area contributed by atoms with Gasteiger partial charge in [0.1, 0.15) is 11.6 Å². The molecule has 1 amide bonds. The molecule has 0 aliphatic carbocycles. The van der Waals surface area contributed by atoms with Gasteiger partial charge in [0.15, 0.2) is 12.0 Å². The Balaban J connectivity index is 1.92. The summed E-state index contributed by atoms with van der Waals surface area (Å²) in [6.07, 6.45) is -1.75. The molecule has 2 heterocycles. The number of alkyl carbamates (subject to hydrolysis) is 1. The van der Waals surface area contributed by atoms with Crippen LogP contribution in [0.2, 0.25) is 5.02 Å².